The van der Waals surface area contributed by atoms with E-state index in [-0.39, 0.29) is 17.9 Å². The second-order valence-corrected chi connectivity index (χ2v) is 7.95. The topological polar surface area (TPSA) is 101 Å². The fraction of sp³-hybridized carbons (Fsp3) is 0.214. The summed E-state index contributed by atoms with van der Waals surface area (Å²) in [5.41, 5.74) is 1.60. The number of ether oxygens (including phenoxy) is 4. The normalized spacial score (nSPS) is 11.9. The van der Waals surface area contributed by atoms with Crippen molar-refractivity contribution in [3.63, 3.8) is 0 Å². The first-order valence-electron chi connectivity index (χ1n) is 11.7. The van der Waals surface area contributed by atoms with Crippen molar-refractivity contribution in [1.29, 1.82) is 0 Å². The summed E-state index contributed by atoms with van der Waals surface area (Å²) in [6, 6.07) is 19.8. The predicted molar refractivity (Wildman–Crippen MR) is 141 cm³/mol. The van der Waals surface area contributed by atoms with Gasteiger partial charge in [-0.15, -0.1) is 0 Å². The molecule has 0 saturated carbocycles. The van der Waals surface area contributed by atoms with Crippen molar-refractivity contribution in [2.75, 3.05) is 20.8 Å². The Bertz CT molecular complexity index is 1470. The molecule has 1 aromatic heterocycles. The van der Waals surface area contributed by atoms with Gasteiger partial charge < -0.3 is 18.9 Å². The number of hydrogen-bond acceptors (Lipinski definition) is 8. The summed E-state index contributed by atoms with van der Waals surface area (Å²) < 4.78 is 23.1. The minimum Gasteiger partial charge on any atom is -0.493 e. The van der Waals surface area contributed by atoms with Gasteiger partial charge in [-0.25, -0.2) is 9.78 Å². The van der Waals surface area contributed by atoms with Crippen LogP contribution >= 0.6 is 0 Å². The molecular weight excluding hydrogens is 474 g/mol. The predicted octanol–water partition coefficient (Wildman–Crippen LogP) is 4.29. The molecule has 0 amide bonds. The Labute approximate surface area is 213 Å². The van der Waals surface area contributed by atoms with Crippen molar-refractivity contribution in [3.8, 4) is 28.6 Å². The Balaban J connectivity index is 1.78. The van der Waals surface area contributed by atoms with Crippen LogP contribution in [-0.4, -0.2) is 48.8 Å². The lowest BCUT2D eigenvalue weighted by molar-refractivity contribution is -0.150. The van der Waals surface area contributed by atoms with Crippen molar-refractivity contribution in [2.24, 2.45) is 5.10 Å². The van der Waals surface area contributed by atoms with Gasteiger partial charge in [0, 0.05) is 11.1 Å². The van der Waals surface area contributed by atoms with E-state index in [1.54, 1.807) is 44.2 Å². The van der Waals surface area contributed by atoms with E-state index in [0.717, 1.165) is 5.56 Å². The van der Waals surface area contributed by atoms with Gasteiger partial charge in [0.2, 0.25) is 5.75 Å². The van der Waals surface area contributed by atoms with Crippen LogP contribution in [-0.2, 0) is 9.53 Å². The molecule has 0 bridgehead atoms. The number of fused-ring (bicyclic) bond motifs is 1. The van der Waals surface area contributed by atoms with Crippen LogP contribution in [0.3, 0.4) is 0 Å². The number of carbonyl (C=O) groups is 1. The van der Waals surface area contributed by atoms with Crippen LogP contribution < -0.4 is 19.8 Å². The van der Waals surface area contributed by atoms with Gasteiger partial charge in [-0.2, -0.15) is 9.78 Å². The maximum absolute atomic E-state index is 13.4. The molecule has 0 radical (unpaired) electrons. The number of benzene rings is 3. The molecular formula is C28H27N3O6. The number of hydrogen-bond donors (Lipinski definition) is 0. The summed E-state index contributed by atoms with van der Waals surface area (Å²) in [7, 11) is 2.95. The Hall–Kier alpha value is -4.66. The molecule has 0 aliphatic heterocycles. The van der Waals surface area contributed by atoms with E-state index >= 15 is 0 Å². The van der Waals surface area contributed by atoms with Gasteiger partial charge >= 0.3 is 5.97 Å². The molecule has 4 aromatic rings. The standard InChI is InChI=1S/C28H27N3O6/c1-5-36-28(33)18(2)37-25-23(34-3)15-19(16-24(25)35-4)17-29-31-26(20-11-7-6-8-12-20)30-22-14-10-9-13-21(22)27(31)32/h6-18H,5H2,1-4H3/t18-/m1/s1. The minimum absolute atomic E-state index is 0.240. The maximum atomic E-state index is 13.4. The fourth-order valence-corrected chi connectivity index (χ4v) is 3.70. The number of esters is 1. The van der Waals surface area contributed by atoms with Crippen LogP contribution in [0.1, 0.15) is 19.4 Å². The molecule has 1 atom stereocenters. The van der Waals surface area contributed by atoms with Crippen LogP contribution in [0.5, 0.6) is 17.2 Å². The van der Waals surface area contributed by atoms with E-state index in [9.17, 15) is 9.59 Å². The smallest absolute Gasteiger partial charge is 0.347 e. The molecule has 37 heavy (non-hydrogen) atoms. The summed E-state index contributed by atoms with van der Waals surface area (Å²) in [4.78, 5) is 30.1. The van der Waals surface area contributed by atoms with E-state index in [4.69, 9.17) is 23.9 Å². The van der Waals surface area contributed by atoms with E-state index in [0.29, 0.717) is 33.8 Å². The highest BCUT2D eigenvalue weighted by Gasteiger charge is 2.22. The highest BCUT2D eigenvalue weighted by molar-refractivity contribution is 5.84. The van der Waals surface area contributed by atoms with E-state index < -0.39 is 12.1 Å². The molecule has 0 unspecified atom stereocenters. The second-order valence-electron chi connectivity index (χ2n) is 7.95. The Kier molecular flexibility index (Phi) is 7.83. The number of rotatable bonds is 9. The van der Waals surface area contributed by atoms with Gasteiger partial charge in [0.25, 0.3) is 5.56 Å². The first kappa shape index (κ1) is 25.4. The highest BCUT2D eigenvalue weighted by atomic mass is 16.6. The Morgan fingerprint density at radius 3 is 2.32 bits per heavy atom. The van der Waals surface area contributed by atoms with Crippen molar-refractivity contribution >= 4 is 23.1 Å². The van der Waals surface area contributed by atoms with Crippen molar-refractivity contribution in [2.45, 2.75) is 20.0 Å². The zero-order valence-corrected chi connectivity index (χ0v) is 21.0. The zero-order chi connectivity index (χ0) is 26.4. The van der Waals surface area contributed by atoms with Crippen LogP contribution in [0.25, 0.3) is 22.3 Å². The third kappa shape index (κ3) is 5.45. The molecule has 9 heteroatoms. The molecule has 4 rings (SSSR count). The molecule has 0 fully saturated rings. The molecule has 0 saturated heterocycles. The molecule has 9 nitrogen and oxygen atoms in total. The van der Waals surface area contributed by atoms with Gasteiger partial charge in [0.05, 0.1) is 37.9 Å². The number of aromatic nitrogens is 2. The van der Waals surface area contributed by atoms with Crippen molar-refractivity contribution in [1.82, 2.24) is 9.66 Å². The average Bonchev–Trinajstić information content (AvgIpc) is 2.93. The summed E-state index contributed by atoms with van der Waals surface area (Å²) in [5.74, 6) is 0.794. The summed E-state index contributed by atoms with van der Waals surface area (Å²) in [6.45, 7) is 3.54. The number of carbonyl (C=O) groups excluding carboxylic acids is 1. The van der Waals surface area contributed by atoms with E-state index in [1.165, 1.54) is 25.1 Å². The Morgan fingerprint density at radius 2 is 1.68 bits per heavy atom. The third-order valence-corrected chi connectivity index (χ3v) is 5.50. The highest BCUT2D eigenvalue weighted by Crippen LogP contribution is 2.39. The van der Waals surface area contributed by atoms with Gasteiger partial charge in [-0.3, -0.25) is 4.79 Å². The van der Waals surface area contributed by atoms with Crippen LogP contribution in [0.15, 0.2) is 76.6 Å². The molecule has 1 heterocycles. The van der Waals surface area contributed by atoms with E-state index in [1.807, 2.05) is 36.4 Å². The lowest BCUT2D eigenvalue weighted by Gasteiger charge is -2.18. The monoisotopic (exact) mass is 501 g/mol. The quantitative estimate of drug-likeness (QED) is 0.249. The fourth-order valence-electron chi connectivity index (χ4n) is 3.70. The van der Waals surface area contributed by atoms with Gasteiger partial charge in [-0.1, -0.05) is 42.5 Å². The third-order valence-electron chi connectivity index (χ3n) is 5.50. The molecule has 0 aliphatic carbocycles. The van der Waals surface area contributed by atoms with Crippen LogP contribution in [0.4, 0.5) is 0 Å². The van der Waals surface area contributed by atoms with Crippen molar-refractivity contribution in [3.05, 3.63) is 82.6 Å². The minimum atomic E-state index is -0.877. The number of methoxy groups -OCH3 is 2. The van der Waals surface area contributed by atoms with Crippen LogP contribution in [0.2, 0.25) is 0 Å². The molecule has 190 valence electrons. The van der Waals surface area contributed by atoms with Gasteiger partial charge in [0.1, 0.15) is 0 Å². The summed E-state index contributed by atoms with van der Waals surface area (Å²) >= 11 is 0. The van der Waals surface area contributed by atoms with Crippen molar-refractivity contribution < 1.29 is 23.7 Å². The largest absolute Gasteiger partial charge is 0.493 e. The molecule has 0 spiro atoms. The number of nitrogens with zero attached hydrogens (tertiary/aromatic N) is 3. The van der Waals surface area contributed by atoms with Gasteiger partial charge in [-0.05, 0) is 38.1 Å². The number of para-hydroxylation sites is 1. The van der Waals surface area contributed by atoms with E-state index in [2.05, 4.69) is 5.10 Å². The lowest BCUT2D eigenvalue weighted by Crippen LogP contribution is -2.26. The average molecular weight is 502 g/mol. The lowest BCUT2D eigenvalue weighted by atomic mass is 10.2. The molecule has 0 aliphatic rings. The Morgan fingerprint density at radius 1 is 1.03 bits per heavy atom. The SMILES string of the molecule is CCOC(=O)[C@@H](C)Oc1c(OC)cc(C=Nn2c(-c3ccccc3)nc3ccccc3c2=O)cc1OC. The first-order valence-corrected chi connectivity index (χ1v) is 11.7. The summed E-state index contributed by atoms with van der Waals surface area (Å²) in [6.07, 6.45) is 0.631. The van der Waals surface area contributed by atoms with Gasteiger partial charge in [0.15, 0.2) is 23.4 Å². The molecule has 0 N–H and O–H groups in total. The van der Waals surface area contributed by atoms with Crippen LogP contribution in [0, 0.1) is 0 Å². The molecule has 3 aromatic carbocycles. The maximum Gasteiger partial charge on any atom is 0.347 e. The second kappa shape index (κ2) is 11.4. The zero-order valence-electron chi connectivity index (χ0n) is 21.0. The summed E-state index contributed by atoms with van der Waals surface area (Å²) in [5, 5.41) is 4.94. The first-order chi connectivity index (χ1) is 18.0.